The maximum Gasteiger partial charge on any atom is 0.0425 e. The smallest absolute Gasteiger partial charge is 0.0425 e. The fraction of sp³-hybridized carbons (Fsp3) is 0.200. The van der Waals surface area contributed by atoms with Gasteiger partial charge in [-0.1, -0.05) is 41.9 Å². The molecule has 1 aliphatic rings. The average Bonchev–Trinajstić information content (AvgIpc) is 2.67. The summed E-state index contributed by atoms with van der Waals surface area (Å²) in [5.41, 5.74) is 8.99. The van der Waals surface area contributed by atoms with E-state index in [9.17, 15) is 0 Å². The Bertz CT molecular complexity index is 570. The lowest BCUT2D eigenvalue weighted by molar-refractivity contribution is 0.731. The van der Waals surface area contributed by atoms with Crippen LogP contribution < -0.4 is 5.73 Å². The topological polar surface area (TPSA) is 26.0 Å². The van der Waals surface area contributed by atoms with Gasteiger partial charge < -0.3 is 5.73 Å². The van der Waals surface area contributed by atoms with Crippen LogP contribution in [0.3, 0.4) is 0 Å². The third-order valence-corrected chi connectivity index (χ3v) is 4.84. The van der Waals surface area contributed by atoms with Crippen molar-refractivity contribution in [2.45, 2.75) is 22.6 Å². The molecule has 2 aromatic rings. The molecular weight excluding hydrogens is 262 g/mol. The van der Waals surface area contributed by atoms with Crippen molar-refractivity contribution >= 4 is 23.4 Å². The zero-order chi connectivity index (χ0) is 12.5. The van der Waals surface area contributed by atoms with Gasteiger partial charge in [0.25, 0.3) is 0 Å². The molecule has 18 heavy (non-hydrogen) atoms. The van der Waals surface area contributed by atoms with E-state index in [1.54, 1.807) is 0 Å². The first-order chi connectivity index (χ1) is 8.74. The second-order valence-electron chi connectivity index (χ2n) is 4.54. The van der Waals surface area contributed by atoms with Crippen LogP contribution in [0, 0.1) is 0 Å². The molecule has 2 N–H and O–H groups in total. The van der Waals surface area contributed by atoms with Crippen molar-refractivity contribution in [3.63, 3.8) is 0 Å². The van der Waals surface area contributed by atoms with Gasteiger partial charge in [0.15, 0.2) is 0 Å². The molecule has 2 atom stereocenters. The number of thioether (sulfide) groups is 1. The van der Waals surface area contributed by atoms with Crippen molar-refractivity contribution < 1.29 is 0 Å². The Morgan fingerprint density at radius 2 is 1.94 bits per heavy atom. The first-order valence-corrected chi connectivity index (χ1v) is 7.25. The summed E-state index contributed by atoms with van der Waals surface area (Å²) in [6.45, 7) is 0. The normalized spacial score (nSPS) is 21.9. The third kappa shape index (κ3) is 2.28. The Hall–Kier alpha value is -0.960. The van der Waals surface area contributed by atoms with Crippen molar-refractivity contribution in [3.8, 4) is 0 Å². The lowest BCUT2D eigenvalue weighted by Crippen LogP contribution is -2.18. The minimum Gasteiger partial charge on any atom is -0.323 e. The van der Waals surface area contributed by atoms with Gasteiger partial charge in [0.1, 0.15) is 0 Å². The predicted molar refractivity (Wildman–Crippen MR) is 78.2 cm³/mol. The van der Waals surface area contributed by atoms with Gasteiger partial charge >= 0.3 is 0 Å². The van der Waals surface area contributed by atoms with Gasteiger partial charge in [-0.25, -0.2) is 0 Å². The Kier molecular flexibility index (Phi) is 3.33. The van der Waals surface area contributed by atoms with Gasteiger partial charge in [-0.3, -0.25) is 0 Å². The second-order valence-corrected chi connectivity index (χ2v) is 6.29. The molecule has 0 bridgehead atoms. The lowest BCUT2D eigenvalue weighted by Gasteiger charge is -2.15. The summed E-state index contributed by atoms with van der Waals surface area (Å²) in [6.07, 6.45) is 1.04. The summed E-state index contributed by atoms with van der Waals surface area (Å²) in [5.74, 6) is 0. The van der Waals surface area contributed by atoms with Crippen LogP contribution in [0.1, 0.15) is 17.2 Å². The van der Waals surface area contributed by atoms with Crippen LogP contribution >= 0.6 is 23.4 Å². The highest BCUT2D eigenvalue weighted by Crippen LogP contribution is 2.40. The van der Waals surface area contributed by atoms with Crippen LogP contribution in [0.5, 0.6) is 0 Å². The van der Waals surface area contributed by atoms with Crippen LogP contribution in [0.4, 0.5) is 0 Å². The molecule has 0 saturated carbocycles. The summed E-state index contributed by atoms with van der Waals surface area (Å²) < 4.78 is 0. The zero-order valence-electron chi connectivity index (χ0n) is 9.84. The third-order valence-electron chi connectivity index (χ3n) is 3.32. The molecule has 1 nitrogen and oxygen atoms in total. The van der Waals surface area contributed by atoms with E-state index in [4.69, 9.17) is 17.3 Å². The molecule has 0 radical (unpaired) electrons. The van der Waals surface area contributed by atoms with Gasteiger partial charge in [0.05, 0.1) is 0 Å². The van der Waals surface area contributed by atoms with E-state index in [2.05, 4.69) is 30.3 Å². The molecule has 0 heterocycles. The minimum absolute atomic E-state index is 0.116. The standard InChI is InChI=1S/C15H14ClNS/c16-11-5-3-6-12(9-11)18-14-8-10-4-1-2-7-13(10)15(14)17/h1-7,9,14-15H,8,17H2. The second kappa shape index (κ2) is 4.96. The van der Waals surface area contributed by atoms with Crippen LogP contribution in [-0.4, -0.2) is 5.25 Å². The number of hydrogen-bond acceptors (Lipinski definition) is 2. The maximum absolute atomic E-state index is 6.32. The minimum atomic E-state index is 0.116. The van der Waals surface area contributed by atoms with Gasteiger partial charge in [-0.2, -0.15) is 0 Å². The molecule has 2 unspecified atom stereocenters. The molecule has 1 aliphatic carbocycles. The number of benzene rings is 2. The molecule has 0 spiro atoms. The molecule has 0 saturated heterocycles. The average molecular weight is 276 g/mol. The number of nitrogens with two attached hydrogens (primary N) is 1. The van der Waals surface area contributed by atoms with Crippen LogP contribution in [0.15, 0.2) is 53.4 Å². The Morgan fingerprint density at radius 3 is 2.72 bits per heavy atom. The Balaban J connectivity index is 1.81. The van der Waals surface area contributed by atoms with E-state index < -0.39 is 0 Å². The summed E-state index contributed by atoms with van der Waals surface area (Å²) in [7, 11) is 0. The molecule has 3 heteroatoms. The summed E-state index contributed by atoms with van der Waals surface area (Å²) in [4.78, 5) is 1.19. The molecule has 2 aromatic carbocycles. The fourth-order valence-electron chi connectivity index (χ4n) is 2.42. The summed E-state index contributed by atoms with van der Waals surface area (Å²) >= 11 is 7.83. The van der Waals surface area contributed by atoms with Crippen molar-refractivity contribution in [1.29, 1.82) is 0 Å². The number of fused-ring (bicyclic) bond motifs is 1. The van der Waals surface area contributed by atoms with Crippen molar-refractivity contribution in [1.82, 2.24) is 0 Å². The fourth-order valence-corrected chi connectivity index (χ4v) is 3.93. The van der Waals surface area contributed by atoms with Gasteiger partial charge in [-0.05, 0) is 35.7 Å². The zero-order valence-corrected chi connectivity index (χ0v) is 11.4. The molecule has 0 amide bonds. The van der Waals surface area contributed by atoms with E-state index in [1.165, 1.54) is 16.0 Å². The van der Waals surface area contributed by atoms with Crippen molar-refractivity contribution in [3.05, 3.63) is 64.7 Å². The molecule has 3 rings (SSSR count). The molecule has 0 fully saturated rings. The Labute approximate surface area is 116 Å². The lowest BCUT2D eigenvalue weighted by atomic mass is 10.1. The van der Waals surface area contributed by atoms with Crippen molar-refractivity contribution in [2.75, 3.05) is 0 Å². The van der Waals surface area contributed by atoms with Crippen LogP contribution in [0.2, 0.25) is 5.02 Å². The van der Waals surface area contributed by atoms with E-state index in [0.29, 0.717) is 5.25 Å². The van der Waals surface area contributed by atoms with Crippen molar-refractivity contribution in [2.24, 2.45) is 5.73 Å². The molecule has 92 valence electrons. The molecule has 0 aromatic heterocycles. The largest absolute Gasteiger partial charge is 0.323 e. The van der Waals surface area contributed by atoms with E-state index >= 15 is 0 Å². The number of rotatable bonds is 2. The highest BCUT2D eigenvalue weighted by molar-refractivity contribution is 8.00. The van der Waals surface area contributed by atoms with E-state index in [-0.39, 0.29) is 6.04 Å². The van der Waals surface area contributed by atoms with E-state index in [1.807, 2.05) is 30.0 Å². The SMILES string of the molecule is NC1c2ccccc2CC1Sc1cccc(Cl)c1. The first kappa shape index (κ1) is 12.1. The first-order valence-electron chi connectivity index (χ1n) is 5.99. The van der Waals surface area contributed by atoms with E-state index in [0.717, 1.165) is 11.4 Å². The Morgan fingerprint density at radius 1 is 1.11 bits per heavy atom. The highest BCUT2D eigenvalue weighted by atomic mass is 35.5. The molecular formula is C15H14ClNS. The predicted octanol–water partition coefficient (Wildman–Crippen LogP) is 4.06. The summed E-state index contributed by atoms with van der Waals surface area (Å²) in [5, 5.41) is 1.19. The summed E-state index contributed by atoms with van der Waals surface area (Å²) in [6, 6.07) is 16.5. The number of halogens is 1. The highest BCUT2D eigenvalue weighted by Gasteiger charge is 2.29. The number of hydrogen-bond donors (Lipinski definition) is 1. The maximum atomic E-state index is 6.32. The van der Waals surface area contributed by atoms with Gasteiger partial charge in [-0.15, -0.1) is 11.8 Å². The van der Waals surface area contributed by atoms with Gasteiger partial charge in [0.2, 0.25) is 0 Å². The van der Waals surface area contributed by atoms with Crippen LogP contribution in [0.25, 0.3) is 0 Å². The monoisotopic (exact) mass is 275 g/mol. The molecule has 0 aliphatic heterocycles. The quantitative estimate of drug-likeness (QED) is 0.895. The van der Waals surface area contributed by atoms with Gasteiger partial charge in [0, 0.05) is 21.2 Å². The van der Waals surface area contributed by atoms with Crippen LogP contribution in [-0.2, 0) is 6.42 Å².